The highest BCUT2D eigenvalue weighted by Gasteiger charge is 2.19. The van der Waals surface area contributed by atoms with Gasteiger partial charge in [-0.1, -0.05) is 18.6 Å². The van der Waals surface area contributed by atoms with Crippen molar-refractivity contribution in [1.82, 2.24) is 14.8 Å². The Hall–Kier alpha value is -3.53. The van der Waals surface area contributed by atoms with Gasteiger partial charge in [0.1, 0.15) is 11.6 Å². The minimum atomic E-state index is -0.384. The molecule has 0 atom stereocenters. The number of nitrogens with zero attached hydrogens (tertiary/aromatic N) is 4. The van der Waals surface area contributed by atoms with Crippen LogP contribution in [0.3, 0.4) is 0 Å². The summed E-state index contributed by atoms with van der Waals surface area (Å²) in [5.74, 6) is 0.860. The number of aromatic nitrogens is 3. The topological polar surface area (TPSA) is 83.6 Å². The van der Waals surface area contributed by atoms with E-state index < -0.39 is 0 Å². The molecule has 0 radical (unpaired) electrons. The molecule has 0 saturated carbocycles. The van der Waals surface area contributed by atoms with Gasteiger partial charge in [0.05, 0.1) is 17.2 Å². The molecule has 2 aromatic carbocycles. The molecule has 1 aliphatic heterocycles. The van der Waals surface area contributed by atoms with Crippen LogP contribution in [0.5, 0.6) is 0 Å². The molecule has 2 heterocycles. The number of hydrogen-bond donors (Lipinski definition) is 1. The third kappa shape index (κ3) is 4.38. The van der Waals surface area contributed by atoms with Crippen LogP contribution >= 0.6 is 0 Å². The van der Waals surface area contributed by atoms with Crippen molar-refractivity contribution in [3.05, 3.63) is 65.2 Å². The summed E-state index contributed by atoms with van der Waals surface area (Å²) in [5.41, 5.74) is 2.45. The molecule has 1 amide bonds. The van der Waals surface area contributed by atoms with Gasteiger partial charge < -0.3 is 9.88 Å². The van der Waals surface area contributed by atoms with E-state index >= 15 is 0 Å². The highest BCUT2D eigenvalue weighted by atomic mass is 19.1. The molecular weight excluding hydrogens is 381 g/mol. The van der Waals surface area contributed by atoms with E-state index in [1.807, 2.05) is 16.7 Å². The first-order valence-electron chi connectivity index (χ1n) is 10.1. The minimum Gasteiger partial charge on any atom is -0.326 e. The van der Waals surface area contributed by atoms with E-state index in [0.717, 1.165) is 43.6 Å². The van der Waals surface area contributed by atoms with Crippen LogP contribution in [0.2, 0.25) is 0 Å². The van der Waals surface area contributed by atoms with Gasteiger partial charge in [-0.3, -0.25) is 4.79 Å². The molecule has 1 aliphatic rings. The fourth-order valence-corrected chi connectivity index (χ4v) is 3.69. The molecule has 0 bridgehead atoms. The lowest BCUT2D eigenvalue weighted by Crippen LogP contribution is -2.12. The van der Waals surface area contributed by atoms with Crippen LogP contribution in [-0.2, 0) is 24.2 Å². The second-order valence-electron chi connectivity index (χ2n) is 7.45. The summed E-state index contributed by atoms with van der Waals surface area (Å²) < 4.78 is 16.5. The first-order chi connectivity index (χ1) is 14.6. The molecule has 6 nitrogen and oxygen atoms in total. The Morgan fingerprint density at radius 1 is 1.13 bits per heavy atom. The van der Waals surface area contributed by atoms with Crippen LogP contribution < -0.4 is 5.32 Å². The number of benzene rings is 2. The van der Waals surface area contributed by atoms with Crippen LogP contribution in [0.4, 0.5) is 10.1 Å². The molecule has 4 rings (SSSR count). The van der Waals surface area contributed by atoms with E-state index in [4.69, 9.17) is 5.26 Å². The van der Waals surface area contributed by atoms with Crippen LogP contribution in [0, 0.1) is 17.1 Å². The van der Waals surface area contributed by atoms with Gasteiger partial charge in [-0.05, 0) is 55.2 Å². The number of nitrogens with one attached hydrogen (secondary N) is 1. The largest absolute Gasteiger partial charge is 0.326 e. The molecule has 1 N–H and O–H groups in total. The van der Waals surface area contributed by atoms with Crippen molar-refractivity contribution in [3.63, 3.8) is 0 Å². The Balaban J connectivity index is 1.46. The number of halogens is 1. The molecule has 0 unspecified atom stereocenters. The number of fused-ring (bicyclic) bond motifs is 1. The third-order valence-electron chi connectivity index (χ3n) is 5.32. The fourth-order valence-electron chi connectivity index (χ4n) is 3.69. The van der Waals surface area contributed by atoms with E-state index in [9.17, 15) is 9.18 Å². The van der Waals surface area contributed by atoms with E-state index in [-0.39, 0.29) is 11.7 Å². The SMILES string of the molecule is N#Cc1ccc(CCC(=O)Nc2ccc(F)c(-c3nnc4n3CCCCC4)c2)cc1. The second kappa shape index (κ2) is 8.87. The summed E-state index contributed by atoms with van der Waals surface area (Å²) in [6.45, 7) is 0.776. The van der Waals surface area contributed by atoms with Gasteiger partial charge in [-0.15, -0.1) is 10.2 Å². The first-order valence-corrected chi connectivity index (χ1v) is 10.1. The molecule has 152 valence electrons. The Labute approximate surface area is 174 Å². The highest BCUT2D eigenvalue weighted by molar-refractivity contribution is 5.91. The predicted octanol–water partition coefficient (Wildman–Crippen LogP) is 4.25. The van der Waals surface area contributed by atoms with Crippen molar-refractivity contribution < 1.29 is 9.18 Å². The molecule has 3 aromatic rings. The maximum Gasteiger partial charge on any atom is 0.224 e. The Morgan fingerprint density at radius 3 is 2.77 bits per heavy atom. The lowest BCUT2D eigenvalue weighted by Gasteiger charge is -2.10. The van der Waals surface area contributed by atoms with E-state index in [1.54, 1.807) is 24.3 Å². The number of carbonyl (C=O) groups is 1. The smallest absolute Gasteiger partial charge is 0.224 e. The van der Waals surface area contributed by atoms with E-state index in [2.05, 4.69) is 21.6 Å². The highest BCUT2D eigenvalue weighted by Crippen LogP contribution is 2.27. The van der Waals surface area contributed by atoms with Crippen LogP contribution in [0.15, 0.2) is 42.5 Å². The number of nitriles is 1. The number of carbonyl (C=O) groups excluding carboxylic acids is 1. The molecule has 0 saturated heterocycles. The Morgan fingerprint density at radius 2 is 1.97 bits per heavy atom. The maximum absolute atomic E-state index is 14.6. The number of amides is 1. The molecular formula is C23H22FN5O. The lowest BCUT2D eigenvalue weighted by atomic mass is 10.1. The molecule has 0 aliphatic carbocycles. The summed E-state index contributed by atoms with van der Waals surface area (Å²) in [4.78, 5) is 12.4. The summed E-state index contributed by atoms with van der Waals surface area (Å²) in [7, 11) is 0. The Bertz CT molecular complexity index is 1100. The fraction of sp³-hybridized carbons (Fsp3) is 0.304. The predicted molar refractivity (Wildman–Crippen MR) is 111 cm³/mol. The third-order valence-corrected chi connectivity index (χ3v) is 5.32. The average molecular weight is 403 g/mol. The zero-order chi connectivity index (χ0) is 20.9. The van der Waals surface area contributed by atoms with Crippen molar-refractivity contribution in [2.45, 2.75) is 45.1 Å². The number of anilines is 1. The van der Waals surface area contributed by atoms with Crippen molar-refractivity contribution in [2.24, 2.45) is 0 Å². The lowest BCUT2D eigenvalue weighted by molar-refractivity contribution is -0.116. The molecule has 7 heteroatoms. The molecule has 1 aromatic heterocycles. The zero-order valence-electron chi connectivity index (χ0n) is 16.6. The quantitative estimate of drug-likeness (QED) is 0.690. The van der Waals surface area contributed by atoms with Gasteiger partial charge >= 0.3 is 0 Å². The van der Waals surface area contributed by atoms with E-state index in [0.29, 0.717) is 35.5 Å². The average Bonchev–Trinajstić information content (AvgIpc) is 3.01. The van der Waals surface area contributed by atoms with Crippen molar-refractivity contribution >= 4 is 11.6 Å². The monoisotopic (exact) mass is 403 g/mol. The summed E-state index contributed by atoms with van der Waals surface area (Å²) in [6, 6.07) is 13.8. The maximum atomic E-state index is 14.6. The van der Waals surface area contributed by atoms with Crippen molar-refractivity contribution in [2.75, 3.05) is 5.32 Å². The molecule has 0 fully saturated rings. The van der Waals surface area contributed by atoms with Crippen molar-refractivity contribution in [3.8, 4) is 17.5 Å². The Kier molecular flexibility index (Phi) is 5.84. The molecule has 0 spiro atoms. The molecule has 30 heavy (non-hydrogen) atoms. The standard InChI is InChI=1S/C23H22FN5O/c24-20-11-10-18(26-22(30)12-9-16-5-7-17(15-25)8-6-16)14-19(20)23-28-27-21-4-2-1-3-13-29(21)23/h5-8,10-11,14H,1-4,9,12-13H2,(H,26,30). The van der Waals surface area contributed by atoms with Gasteiger partial charge in [-0.25, -0.2) is 4.39 Å². The second-order valence-corrected chi connectivity index (χ2v) is 7.45. The van der Waals surface area contributed by atoms with Crippen molar-refractivity contribution in [1.29, 1.82) is 5.26 Å². The van der Waals surface area contributed by atoms with Crippen LogP contribution in [0.1, 0.15) is 42.6 Å². The number of rotatable bonds is 5. The number of aryl methyl sites for hydroxylation is 2. The van der Waals surface area contributed by atoms with Gasteiger partial charge in [0, 0.05) is 25.1 Å². The zero-order valence-corrected chi connectivity index (χ0v) is 16.6. The van der Waals surface area contributed by atoms with E-state index in [1.165, 1.54) is 6.07 Å². The summed E-state index contributed by atoms with van der Waals surface area (Å²) in [5, 5.41) is 20.1. The van der Waals surface area contributed by atoms with Gasteiger partial charge in [0.2, 0.25) is 5.91 Å². The van der Waals surface area contributed by atoms with Gasteiger partial charge in [-0.2, -0.15) is 5.26 Å². The summed E-state index contributed by atoms with van der Waals surface area (Å²) >= 11 is 0. The number of hydrogen-bond acceptors (Lipinski definition) is 4. The van der Waals surface area contributed by atoms with Gasteiger partial charge in [0.15, 0.2) is 5.82 Å². The summed E-state index contributed by atoms with van der Waals surface area (Å²) in [6.07, 6.45) is 4.91. The van der Waals surface area contributed by atoms with Crippen LogP contribution in [0.25, 0.3) is 11.4 Å². The van der Waals surface area contributed by atoms with Gasteiger partial charge in [0.25, 0.3) is 0 Å². The first kappa shape index (κ1) is 19.8. The minimum absolute atomic E-state index is 0.156. The van der Waals surface area contributed by atoms with Crippen LogP contribution in [-0.4, -0.2) is 20.7 Å². The normalized spacial score (nSPS) is 13.2.